The molecule has 0 radical (unpaired) electrons. The van der Waals surface area contributed by atoms with Crippen molar-refractivity contribution in [1.29, 1.82) is 0 Å². The maximum Gasteiger partial charge on any atom is 0.337 e. The number of carbonyl (C=O) groups is 2. The predicted octanol–water partition coefficient (Wildman–Crippen LogP) is 3.02. The summed E-state index contributed by atoms with van der Waals surface area (Å²) in [5.41, 5.74) is 0.722. The number of nitro groups is 1. The molecule has 2 atom stereocenters. The van der Waals surface area contributed by atoms with Gasteiger partial charge in [0.15, 0.2) is 12.4 Å². The highest BCUT2D eigenvalue weighted by Crippen LogP contribution is 2.28. The first-order valence-electron chi connectivity index (χ1n) is 10.5. The minimum Gasteiger partial charge on any atom is -0.477 e. The van der Waals surface area contributed by atoms with Crippen molar-refractivity contribution < 1.29 is 28.4 Å². The average molecular weight is 459 g/mol. The number of hydrogen-bond donors (Lipinski definition) is 0. The number of halogens is 1. The molecule has 2 aromatic rings. The average Bonchev–Trinajstić information content (AvgIpc) is 2.80. The molecule has 1 amide bonds. The smallest absolute Gasteiger partial charge is 0.337 e. The Bertz CT molecular complexity index is 1030. The first-order chi connectivity index (χ1) is 15.7. The summed E-state index contributed by atoms with van der Waals surface area (Å²) < 4.78 is 23.3. The van der Waals surface area contributed by atoms with Gasteiger partial charge in [0.05, 0.1) is 17.6 Å². The summed E-state index contributed by atoms with van der Waals surface area (Å²) in [6.45, 7) is 5.22. The molecular weight excluding hydrogens is 433 g/mol. The molecule has 0 aromatic heterocycles. The van der Waals surface area contributed by atoms with Crippen LogP contribution in [0.3, 0.4) is 0 Å². The number of hydrogen-bond acceptors (Lipinski definition) is 7. The Morgan fingerprint density at radius 3 is 2.45 bits per heavy atom. The van der Waals surface area contributed by atoms with Gasteiger partial charge in [-0.25, -0.2) is 9.18 Å². The fraction of sp³-hybridized carbons (Fsp3) is 0.391. The van der Waals surface area contributed by atoms with Gasteiger partial charge in [0.25, 0.3) is 5.91 Å². The Morgan fingerprint density at radius 2 is 1.82 bits per heavy atom. The van der Waals surface area contributed by atoms with Gasteiger partial charge in [0.1, 0.15) is 5.82 Å². The first-order valence-corrected chi connectivity index (χ1v) is 10.5. The van der Waals surface area contributed by atoms with Gasteiger partial charge in [-0.3, -0.25) is 19.8 Å². The molecule has 0 saturated carbocycles. The number of methoxy groups -OCH3 is 1. The molecule has 1 aliphatic heterocycles. The highest BCUT2D eigenvalue weighted by atomic mass is 19.1. The van der Waals surface area contributed by atoms with Gasteiger partial charge in [-0.2, -0.15) is 0 Å². The maximum absolute atomic E-state index is 13.2. The van der Waals surface area contributed by atoms with E-state index in [1.165, 1.54) is 31.4 Å². The standard InChI is InChI=1S/C23H26FN3O6/c1-15-12-26(16(2)11-25(15)13-17-4-7-19(24)8-5-17)22(28)14-33-21-10-18(23(29)32-3)6-9-20(21)27(30)31/h4-10,15-16H,11-14H2,1-3H3/t15-,16+/m1/s1. The lowest BCUT2D eigenvalue weighted by Gasteiger charge is -2.44. The van der Waals surface area contributed by atoms with Gasteiger partial charge in [0.2, 0.25) is 0 Å². The van der Waals surface area contributed by atoms with E-state index in [1.807, 2.05) is 13.8 Å². The molecule has 0 spiro atoms. The second kappa shape index (κ2) is 10.4. The monoisotopic (exact) mass is 459 g/mol. The highest BCUT2D eigenvalue weighted by molar-refractivity contribution is 5.90. The van der Waals surface area contributed by atoms with Crippen LogP contribution in [0.4, 0.5) is 10.1 Å². The molecule has 2 aromatic carbocycles. The second-order valence-corrected chi connectivity index (χ2v) is 8.02. The summed E-state index contributed by atoms with van der Waals surface area (Å²) >= 11 is 0. The van der Waals surface area contributed by atoms with Crippen LogP contribution in [0, 0.1) is 15.9 Å². The third-order valence-electron chi connectivity index (χ3n) is 5.66. The summed E-state index contributed by atoms with van der Waals surface area (Å²) in [7, 11) is 1.20. The van der Waals surface area contributed by atoms with E-state index in [4.69, 9.17) is 4.74 Å². The molecule has 0 N–H and O–H groups in total. The molecule has 9 nitrogen and oxygen atoms in total. The van der Waals surface area contributed by atoms with E-state index >= 15 is 0 Å². The van der Waals surface area contributed by atoms with Crippen molar-refractivity contribution >= 4 is 17.6 Å². The number of nitro benzene ring substituents is 1. The number of rotatable bonds is 7. The summed E-state index contributed by atoms with van der Waals surface area (Å²) in [6.07, 6.45) is 0. The van der Waals surface area contributed by atoms with Crippen molar-refractivity contribution in [2.24, 2.45) is 0 Å². The van der Waals surface area contributed by atoms with Gasteiger partial charge in [-0.15, -0.1) is 0 Å². The zero-order chi connectivity index (χ0) is 24.1. The van der Waals surface area contributed by atoms with E-state index < -0.39 is 17.5 Å². The normalized spacial score (nSPS) is 18.6. The van der Waals surface area contributed by atoms with Crippen molar-refractivity contribution in [1.82, 2.24) is 9.80 Å². The van der Waals surface area contributed by atoms with E-state index in [0.717, 1.165) is 11.6 Å². The third-order valence-corrected chi connectivity index (χ3v) is 5.66. The molecule has 33 heavy (non-hydrogen) atoms. The lowest BCUT2D eigenvalue weighted by molar-refractivity contribution is -0.385. The van der Waals surface area contributed by atoms with Gasteiger partial charge < -0.3 is 14.4 Å². The van der Waals surface area contributed by atoms with E-state index in [-0.39, 0.29) is 40.8 Å². The maximum atomic E-state index is 13.2. The number of benzene rings is 2. The van der Waals surface area contributed by atoms with Crippen molar-refractivity contribution in [3.8, 4) is 5.75 Å². The van der Waals surface area contributed by atoms with E-state index in [1.54, 1.807) is 17.0 Å². The number of amides is 1. The summed E-state index contributed by atoms with van der Waals surface area (Å²) in [5.74, 6) is -1.44. The molecule has 0 unspecified atom stereocenters. The molecule has 1 fully saturated rings. The van der Waals surface area contributed by atoms with Crippen LogP contribution in [0.25, 0.3) is 0 Å². The van der Waals surface area contributed by atoms with Crippen LogP contribution in [-0.2, 0) is 16.1 Å². The molecule has 1 aliphatic rings. The molecule has 1 heterocycles. The van der Waals surface area contributed by atoms with E-state index in [9.17, 15) is 24.1 Å². The minimum absolute atomic E-state index is 0.0483. The van der Waals surface area contributed by atoms with Crippen LogP contribution >= 0.6 is 0 Å². The van der Waals surface area contributed by atoms with Crippen LogP contribution in [0.15, 0.2) is 42.5 Å². The third kappa shape index (κ3) is 5.83. The SMILES string of the molecule is COC(=O)c1ccc([N+](=O)[O-])c(OCC(=O)N2C[C@@H](C)N(Cc3ccc(F)cc3)C[C@@H]2C)c1. The van der Waals surface area contributed by atoms with Crippen molar-refractivity contribution in [2.75, 3.05) is 26.8 Å². The van der Waals surface area contributed by atoms with Crippen LogP contribution in [0.1, 0.15) is 29.8 Å². The van der Waals surface area contributed by atoms with Crippen LogP contribution in [0.5, 0.6) is 5.75 Å². The lowest BCUT2D eigenvalue weighted by Crippen LogP contribution is -2.58. The number of carbonyl (C=O) groups excluding carboxylic acids is 2. The molecule has 1 saturated heterocycles. The predicted molar refractivity (Wildman–Crippen MR) is 117 cm³/mol. The zero-order valence-corrected chi connectivity index (χ0v) is 18.7. The Labute approximate surface area is 190 Å². The summed E-state index contributed by atoms with van der Waals surface area (Å²) in [5, 5.41) is 11.3. The fourth-order valence-corrected chi connectivity index (χ4v) is 3.84. The molecule has 0 bridgehead atoms. The molecule has 176 valence electrons. The van der Waals surface area contributed by atoms with Gasteiger partial charge in [-0.05, 0) is 37.6 Å². The Hall–Kier alpha value is -3.53. The quantitative estimate of drug-likeness (QED) is 0.356. The largest absolute Gasteiger partial charge is 0.477 e. The minimum atomic E-state index is -0.666. The van der Waals surface area contributed by atoms with Crippen LogP contribution in [0.2, 0.25) is 0 Å². The summed E-state index contributed by atoms with van der Waals surface area (Å²) in [6, 6.07) is 9.88. The Kier molecular flexibility index (Phi) is 7.59. The molecule has 3 rings (SSSR count). The molecular formula is C23H26FN3O6. The van der Waals surface area contributed by atoms with Gasteiger partial charge >= 0.3 is 11.7 Å². The van der Waals surface area contributed by atoms with Crippen molar-refractivity contribution in [2.45, 2.75) is 32.5 Å². The van der Waals surface area contributed by atoms with Gasteiger partial charge in [0, 0.05) is 43.9 Å². The lowest BCUT2D eigenvalue weighted by atomic mass is 10.1. The highest BCUT2D eigenvalue weighted by Gasteiger charge is 2.32. The second-order valence-electron chi connectivity index (χ2n) is 8.02. The molecule has 10 heteroatoms. The van der Waals surface area contributed by atoms with E-state index in [0.29, 0.717) is 19.6 Å². The van der Waals surface area contributed by atoms with Crippen molar-refractivity contribution in [3.63, 3.8) is 0 Å². The zero-order valence-electron chi connectivity index (χ0n) is 18.7. The van der Waals surface area contributed by atoms with Gasteiger partial charge in [-0.1, -0.05) is 12.1 Å². The number of esters is 1. The first kappa shape index (κ1) is 24.1. The Balaban J connectivity index is 1.64. The Morgan fingerprint density at radius 1 is 1.12 bits per heavy atom. The van der Waals surface area contributed by atoms with Crippen molar-refractivity contribution in [3.05, 3.63) is 69.5 Å². The molecule has 0 aliphatic carbocycles. The number of piperazine rings is 1. The van der Waals surface area contributed by atoms with Crippen LogP contribution in [-0.4, -0.2) is 65.5 Å². The topological polar surface area (TPSA) is 102 Å². The summed E-state index contributed by atoms with van der Waals surface area (Å²) in [4.78, 5) is 39.2. The van der Waals surface area contributed by atoms with E-state index in [2.05, 4.69) is 9.64 Å². The number of nitrogens with zero attached hydrogens (tertiary/aromatic N) is 3. The number of ether oxygens (including phenoxy) is 2. The van der Waals surface area contributed by atoms with Crippen LogP contribution < -0.4 is 4.74 Å². The fourth-order valence-electron chi connectivity index (χ4n) is 3.84.